The van der Waals surface area contributed by atoms with E-state index in [0.29, 0.717) is 0 Å². The van der Waals surface area contributed by atoms with Gasteiger partial charge in [0, 0.05) is 12.0 Å². The highest BCUT2D eigenvalue weighted by atomic mass is 16.5. The summed E-state index contributed by atoms with van der Waals surface area (Å²) in [7, 11) is 0. The third-order valence-electron chi connectivity index (χ3n) is 2.14. The van der Waals surface area contributed by atoms with Crippen LogP contribution in [0.25, 0.3) is 0 Å². The second-order valence-electron chi connectivity index (χ2n) is 3.63. The first-order valence-electron chi connectivity index (χ1n) is 5.19. The van der Waals surface area contributed by atoms with Gasteiger partial charge in [-0.05, 0) is 25.1 Å². The van der Waals surface area contributed by atoms with Crippen LogP contribution in [0.2, 0.25) is 0 Å². The van der Waals surface area contributed by atoms with Crippen LogP contribution in [0, 0.1) is 0 Å². The van der Waals surface area contributed by atoms with Gasteiger partial charge in [0.15, 0.2) is 5.78 Å². The maximum Gasteiger partial charge on any atom is 0.338 e. The molecular weight excluding hydrogens is 220 g/mol. The number of rotatable bonds is 4. The maximum atomic E-state index is 11.6. The molecule has 0 unspecified atom stereocenters. The van der Waals surface area contributed by atoms with Gasteiger partial charge in [0.05, 0.1) is 5.56 Å². The molecule has 0 saturated heterocycles. The molecule has 0 spiro atoms. The van der Waals surface area contributed by atoms with Crippen molar-refractivity contribution >= 4 is 11.8 Å². The topological polar surface area (TPSA) is 63.6 Å². The molecule has 4 nitrogen and oxygen atoms in total. The Morgan fingerprint density at radius 3 is 2.59 bits per heavy atom. The molecule has 1 aromatic carbocycles. The lowest BCUT2D eigenvalue weighted by molar-refractivity contribution is -0.130. The Kier molecular flexibility index (Phi) is 4.04. The van der Waals surface area contributed by atoms with E-state index in [1.807, 2.05) is 0 Å². The Balaban J connectivity index is 3.10. The van der Waals surface area contributed by atoms with E-state index in [-0.39, 0.29) is 34.8 Å². The summed E-state index contributed by atoms with van der Waals surface area (Å²) in [6, 6.07) is 4.03. The summed E-state index contributed by atoms with van der Waals surface area (Å²) in [4.78, 5) is 23.0. The number of carbonyl (C=O) groups is 2. The van der Waals surface area contributed by atoms with E-state index in [9.17, 15) is 14.7 Å². The first kappa shape index (κ1) is 13.0. The van der Waals surface area contributed by atoms with Gasteiger partial charge in [-0.25, -0.2) is 4.79 Å². The number of ether oxygens (including phenoxy) is 1. The van der Waals surface area contributed by atoms with Crippen molar-refractivity contribution in [3.8, 4) is 11.5 Å². The Hall–Kier alpha value is -2.10. The van der Waals surface area contributed by atoms with E-state index in [1.165, 1.54) is 25.1 Å². The second kappa shape index (κ2) is 5.30. The molecule has 0 fully saturated rings. The van der Waals surface area contributed by atoms with Crippen LogP contribution in [0.3, 0.4) is 0 Å². The second-order valence-corrected chi connectivity index (χ2v) is 3.63. The normalized spacial score (nSPS) is 9.76. The van der Waals surface area contributed by atoms with E-state index in [4.69, 9.17) is 4.74 Å². The van der Waals surface area contributed by atoms with Crippen molar-refractivity contribution in [1.29, 1.82) is 0 Å². The zero-order valence-electron chi connectivity index (χ0n) is 9.82. The minimum absolute atomic E-state index is 0.0445. The Morgan fingerprint density at radius 1 is 1.41 bits per heavy atom. The molecule has 1 N–H and O–H groups in total. The minimum Gasteiger partial charge on any atom is -0.508 e. The predicted octanol–water partition coefficient (Wildman–Crippen LogP) is 2.47. The summed E-state index contributed by atoms with van der Waals surface area (Å²) < 4.78 is 5.01. The summed E-state index contributed by atoms with van der Waals surface area (Å²) in [5, 5.41) is 9.31. The average Bonchev–Trinajstić information content (AvgIpc) is 2.30. The summed E-state index contributed by atoms with van der Waals surface area (Å²) in [5.74, 6) is -0.703. The number of phenols is 1. The first-order valence-corrected chi connectivity index (χ1v) is 5.19. The van der Waals surface area contributed by atoms with E-state index < -0.39 is 5.97 Å². The van der Waals surface area contributed by atoms with Crippen molar-refractivity contribution in [2.24, 2.45) is 0 Å². The molecular formula is C13H14O4. The van der Waals surface area contributed by atoms with E-state index in [2.05, 4.69) is 6.58 Å². The number of carbonyl (C=O) groups excluding carboxylic acids is 2. The quantitative estimate of drug-likeness (QED) is 0.376. The summed E-state index contributed by atoms with van der Waals surface area (Å²) >= 11 is 0. The van der Waals surface area contributed by atoms with Crippen LogP contribution in [0.4, 0.5) is 0 Å². The monoisotopic (exact) mass is 234 g/mol. The van der Waals surface area contributed by atoms with Gasteiger partial charge in [-0.1, -0.05) is 13.5 Å². The summed E-state index contributed by atoms with van der Waals surface area (Å²) in [5.41, 5.74) is 0.440. The molecule has 90 valence electrons. The fraction of sp³-hybridized carbons (Fsp3) is 0.231. The van der Waals surface area contributed by atoms with Crippen molar-refractivity contribution in [3.63, 3.8) is 0 Å². The molecule has 0 amide bonds. The summed E-state index contributed by atoms with van der Waals surface area (Å²) in [6.07, 6.45) is 0.265. The SMILES string of the molecule is C=C(C)C(=O)Oc1ccc(O)cc1C(=O)CC. The first-order chi connectivity index (χ1) is 7.95. The van der Waals surface area contributed by atoms with Gasteiger partial charge in [-0.3, -0.25) is 4.79 Å². The number of Topliss-reactive ketones (excluding diaryl/α,β-unsaturated/α-hetero) is 1. The largest absolute Gasteiger partial charge is 0.508 e. The third kappa shape index (κ3) is 3.17. The van der Waals surface area contributed by atoms with Crippen LogP contribution in [-0.2, 0) is 4.79 Å². The summed E-state index contributed by atoms with van der Waals surface area (Å²) in [6.45, 7) is 6.66. The van der Waals surface area contributed by atoms with Crippen molar-refractivity contribution in [1.82, 2.24) is 0 Å². The van der Waals surface area contributed by atoms with Crippen LogP contribution < -0.4 is 4.74 Å². The molecule has 4 heteroatoms. The lowest BCUT2D eigenvalue weighted by Crippen LogP contribution is -2.11. The average molecular weight is 234 g/mol. The Morgan fingerprint density at radius 2 is 2.06 bits per heavy atom. The lowest BCUT2D eigenvalue weighted by Gasteiger charge is -2.09. The number of esters is 1. The molecule has 0 aromatic heterocycles. The maximum absolute atomic E-state index is 11.6. The molecule has 1 rings (SSSR count). The van der Waals surface area contributed by atoms with Gasteiger partial charge in [0.25, 0.3) is 0 Å². The van der Waals surface area contributed by atoms with Gasteiger partial charge in [-0.15, -0.1) is 0 Å². The van der Waals surface area contributed by atoms with E-state index in [1.54, 1.807) is 6.92 Å². The third-order valence-corrected chi connectivity index (χ3v) is 2.14. The minimum atomic E-state index is -0.596. The van der Waals surface area contributed by atoms with Gasteiger partial charge in [0.1, 0.15) is 11.5 Å². The van der Waals surface area contributed by atoms with Crippen LogP contribution in [-0.4, -0.2) is 16.9 Å². The molecule has 0 aliphatic carbocycles. The molecule has 0 radical (unpaired) electrons. The van der Waals surface area contributed by atoms with Crippen molar-refractivity contribution in [2.75, 3.05) is 0 Å². The molecule has 0 aliphatic rings. The molecule has 0 atom stereocenters. The van der Waals surface area contributed by atoms with Crippen molar-refractivity contribution in [3.05, 3.63) is 35.9 Å². The van der Waals surface area contributed by atoms with Crippen LogP contribution in [0.5, 0.6) is 11.5 Å². The number of hydrogen-bond donors (Lipinski definition) is 1. The van der Waals surface area contributed by atoms with Crippen LogP contribution >= 0.6 is 0 Å². The number of ketones is 1. The number of phenolic OH excluding ortho intramolecular Hbond substituents is 1. The molecule has 0 heterocycles. The van der Waals surface area contributed by atoms with Crippen molar-refractivity contribution in [2.45, 2.75) is 20.3 Å². The highest BCUT2D eigenvalue weighted by Gasteiger charge is 2.15. The van der Waals surface area contributed by atoms with Gasteiger partial charge in [0.2, 0.25) is 0 Å². The fourth-order valence-electron chi connectivity index (χ4n) is 1.20. The smallest absolute Gasteiger partial charge is 0.338 e. The van der Waals surface area contributed by atoms with Crippen LogP contribution in [0.15, 0.2) is 30.4 Å². The molecule has 0 saturated carbocycles. The molecule has 1 aromatic rings. The Labute approximate surface area is 99.5 Å². The van der Waals surface area contributed by atoms with Gasteiger partial charge < -0.3 is 9.84 Å². The zero-order chi connectivity index (χ0) is 13.0. The number of hydrogen-bond acceptors (Lipinski definition) is 4. The van der Waals surface area contributed by atoms with E-state index in [0.717, 1.165) is 0 Å². The van der Waals surface area contributed by atoms with Crippen molar-refractivity contribution < 1.29 is 19.4 Å². The molecule has 0 aliphatic heterocycles. The van der Waals surface area contributed by atoms with Crippen LogP contribution in [0.1, 0.15) is 30.6 Å². The zero-order valence-corrected chi connectivity index (χ0v) is 9.82. The predicted molar refractivity (Wildman–Crippen MR) is 63.2 cm³/mol. The fourth-order valence-corrected chi connectivity index (χ4v) is 1.20. The molecule has 0 bridgehead atoms. The number of benzene rings is 1. The highest BCUT2D eigenvalue weighted by molar-refractivity contribution is 6.00. The highest BCUT2D eigenvalue weighted by Crippen LogP contribution is 2.25. The lowest BCUT2D eigenvalue weighted by atomic mass is 10.1. The van der Waals surface area contributed by atoms with E-state index >= 15 is 0 Å². The van der Waals surface area contributed by atoms with Gasteiger partial charge in [-0.2, -0.15) is 0 Å². The standard InChI is InChI=1S/C13H14O4/c1-4-11(15)10-7-9(14)5-6-12(10)17-13(16)8(2)3/h5-7,14H,2,4H2,1,3H3. The Bertz CT molecular complexity index is 474. The molecule has 17 heavy (non-hydrogen) atoms. The number of aromatic hydroxyl groups is 1. The van der Waals surface area contributed by atoms with Gasteiger partial charge >= 0.3 is 5.97 Å².